The average Bonchev–Trinajstić information content (AvgIpc) is 2.53. The minimum atomic E-state index is -1.07. The first-order valence-corrected chi connectivity index (χ1v) is 6.65. The molecule has 0 unspecified atom stereocenters. The highest BCUT2D eigenvalue weighted by atomic mass is 35.5. The molecule has 5 nitrogen and oxygen atoms in total. The highest BCUT2D eigenvalue weighted by Gasteiger charge is 2.14. The van der Waals surface area contributed by atoms with E-state index < -0.39 is 11.9 Å². The standard InChI is InChI=1S/C16H13ClO5/c1-21-14-8-10(4-6-12(14)15(18)19)9-3-5-11(13(17)7-9)16(20)22-2/h3-8H,1-2H3,(H,18,19). The van der Waals surface area contributed by atoms with Gasteiger partial charge in [0.1, 0.15) is 11.3 Å². The molecule has 0 radical (unpaired) electrons. The monoisotopic (exact) mass is 320 g/mol. The molecule has 0 saturated carbocycles. The molecule has 0 atom stereocenters. The van der Waals surface area contributed by atoms with E-state index in [-0.39, 0.29) is 21.9 Å². The number of esters is 1. The molecule has 0 fully saturated rings. The summed E-state index contributed by atoms with van der Waals surface area (Å²) < 4.78 is 9.72. The normalized spacial score (nSPS) is 10.1. The lowest BCUT2D eigenvalue weighted by molar-refractivity contribution is 0.0600. The molecule has 1 N–H and O–H groups in total. The number of hydrogen-bond donors (Lipinski definition) is 1. The number of aromatic carboxylic acids is 1. The van der Waals surface area contributed by atoms with Crippen molar-refractivity contribution in [3.63, 3.8) is 0 Å². The number of ether oxygens (including phenoxy) is 2. The van der Waals surface area contributed by atoms with E-state index in [1.165, 1.54) is 20.3 Å². The zero-order chi connectivity index (χ0) is 16.3. The van der Waals surface area contributed by atoms with Gasteiger partial charge in [-0.3, -0.25) is 0 Å². The van der Waals surface area contributed by atoms with Crippen molar-refractivity contribution >= 4 is 23.5 Å². The maximum Gasteiger partial charge on any atom is 0.339 e. The maximum absolute atomic E-state index is 11.5. The predicted octanol–water partition coefficient (Wildman–Crippen LogP) is 3.50. The van der Waals surface area contributed by atoms with E-state index in [1.54, 1.807) is 30.3 Å². The molecule has 0 heterocycles. The van der Waals surface area contributed by atoms with E-state index in [2.05, 4.69) is 4.74 Å². The third-order valence-electron chi connectivity index (χ3n) is 3.14. The van der Waals surface area contributed by atoms with Gasteiger partial charge in [-0.25, -0.2) is 9.59 Å². The van der Waals surface area contributed by atoms with Crippen molar-refractivity contribution in [1.29, 1.82) is 0 Å². The van der Waals surface area contributed by atoms with Crippen molar-refractivity contribution in [2.45, 2.75) is 0 Å². The molecule has 0 spiro atoms. The molecule has 114 valence electrons. The summed E-state index contributed by atoms with van der Waals surface area (Å²) in [5, 5.41) is 9.33. The van der Waals surface area contributed by atoms with Crippen LogP contribution in [0, 0.1) is 0 Å². The molecule has 0 amide bonds. The van der Waals surface area contributed by atoms with Crippen molar-refractivity contribution in [1.82, 2.24) is 0 Å². The Labute approximate surface area is 132 Å². The summed E-state index contributed by atoms with van der Waals surface area (Å²) in [5.74, 6) is -1.34. The van der Waals surface area contributed by atoms with Crippen LogP contribution in [0.5, 0.6) is 5.75 Å². The lowest BCUT2D eigenvalue weighted by Gasteiger charge is -2.09. The van der Waals surface area contributed by atoms with Crippen LogP contribution in [-0.4, -0.2) is 31.3 Å². The van der Waals surface area contributed by atoms with Crippen molar-refractivity contribution in [2.24, 2.45) is 0 Å². The largest absolute Gasteiger partial charge is 0.496 e. The molecule has 6 heteroatoms. The van der Waals surface area contributed by atoms with Gasteiger partial charge in [-0.05, 0) is 35.4 Å². The highest BCUT2D eigenvalue weighted by Crippen LogP contribution is 2.30. The topological polar surface area (TPSA) is 72.8 Å². The fourth-order valence-corrected chi connectivity index (χ4v) is 2.28. The van der Waals surface area contributed by atoms with Crippen molar-refractivity contribution in [2.75, 3.05) is 14.2 Å². The molecule has 0 bridgehead atoms. The highest BCUT2D eigenvalue weighted by molar-refractivity contribution is 6.33. The zero-order valence-electron chi connectivity index (χ0n) is 11.9. The Hall–Kier alpha value is -2.53. The van der Waals surface area contributed by atoms with E-state index in [9.17, 15) is 9.59 Å². The summed E-state index contributed by atoms with van der Waals surface area (Å²) in [4.78, 5) is 22.6. The molecule has 2 aromatic rings. The number of hydrogen-bond acceptors (Lipinski definition) is 4. The molecule has 0 saturated heterocycles. The van der Waals surface area contributed by atoms with Gasteiger partial charge in [-0.15, -0.1) is 0 Å². The van der Waals surface area contributed by atoms with Crippen LogP contribution in [0.1, 0.15) is 20.7 Å². The number of rotatable bonds is 4. The van der Waals surface area contributed by atoms with Crippen LogP contribution >= 0.6 is 11.6 Å². The van der Waals surface area contributed by atoms with E-state index in [4.69, 9.17) is 21.4 Å². The Balaban J connectivity index is 2.46. The van der Waals surface area contributed by atoms with Crippen LogP contribution in [0.2, 0.25) is 5.02 Å². The van der Waals surface area contributed by atoms with E-state index in [0.717, 1.165) is 11.1 Å². The van der Waals surface area contributed by atoms with E-state index in [1.807, 2.05) is 0 Å². The van der Waals surface area contributed by atoms with Gasteiger partial charge < -0.3 is 14.6 Å². The van der Waals surface area contributed by atoms with E-state index >= 15 is 0 Å². The molecule has 0 aliphatic carbocycles. The number of methoxy groups -OCH3 is 2. The van der Waals surface area contributed by atoms with E-state index in [0.29, 0.717) is 0 Å². The molecule has 2 rings (SSSR count). The summed E-state index contributed by atoms with van der Waals surface area (Å²) in [6.45, 7) is 0. The van der Waals surface area contributed by atoms with Crippen molar-refractivity contribution in [3.05, 3.63) is 52.5 Å². The fraction of sp³-hybridized carbons (Fsp3) is 0.125. The van der Waals surface area contributed by atoms with Gasteiger partial charge in [0, 0.05) is 0 Å². The van der Waals surface area contributed by atoms with Gasteiger partial charge in [0.15, 0.2) is 0 Å². The Morgan fingerprint density at radius 2 is 1.59 bits per heavy atom. The van der Waals surface area contributed by atoms with Crippen LogP contribution in [0.4, 0.5) is 0 Å². The molecule has 0 aliphatic rings. The number of carbonyl (C=O) groups is 2. The van der Waals surface area contributed by atoms with Crippen LogP contribution < -0.4 is 4.74 Å². The quantitative estimate of drug-likeness (QED) is 0.873. The van der Waals surface area contributed by atoms with Crippen molar-refractivity contribution in [3.8, 4) is 16.9 Å². The summed E-state index contributed by atoms with van der Waals surface area (Å²) in [5.41, 5.74) is 1.79. The number of carboxylic acid groups (broad SMARTS) is 1. The van der Waals surface area contributed by atoms with Gasteiger partial charge in [0.05, 0.1) is 24.8 Å². The lowest BCUT2D eigenvalue weighted by atomic mass is 10.0. The second-order valence-electron chi connectivity index (χ2n) is 4.41. The smallest absolute Gasteiger partial charge is 0.339 e. The Morgan fingerprint density at radius 3 is 2.09 bits per heavy atom. The molecular weight excluding hydrogens is 308 g/mol. The minimum absolute atomic E-state index is 0.0727. The number of carbonyl (C=O) groups excluding carboxylic acids is 1. The number of halogens is 1. The molecule has 22 heavy (non-hydrogen) atoms. The SMILES string of the molecule is COC(=O)c1ccc(-c2ccc(C(=O)O)c(OC)c2)cc1Cl. The fourth-order valence-electron chi connectivity index (χ4n) is 2.02. The summed E-state index contributed by atoms with van der Waals surface area (Å²) in [6.07, 6.45) is 0. The van der Waals surface area contributed by atoms with Gasteiger partial charge in [-0.1, -0.05) is 23.7 Å². The lowest BCUT2D eigenvalue weighted by Crippen LogP contribution is -2.02. The average molecular weight is 321 g/mol. The van der Waals surface area contributed by atoms with Crippen LogP contribution in [-0.2, 0) is 4.74 Å². The van der Waals surface area contributed by atoms with Crippen LogP contribution in [0.25, 0.3) is 11.1 Å². The molecule has 0 aromatic heterocycles. The second-order valence-corrected chi connectivity index (χ2v) is 4.81. The van der Waals surface area contributed by atoms with Crippen molar-refractivity contribution < 1.29 is 24.2 Å². The Kier molecular flexibility index (Phi) is 4.68. The number of benzene rings is 2. The summed E-state index contributed by atoms with van der Waals surface area (Å²) in [6, 6.07) is 9.58. The van der Waals surface area contributed by atoms with Gasteiger partial charge in [0.2, 0.25) is 0 Å². The van der Waals surface area contributed by atoms with Gasteiger partial charge in [0.25, 0.3) is 0 Å². The predicted molar refractivity (Wildman–Crippen MR) is 81.7 cm³/mol. The van der Waals surface area contributed by atoms with Gasteiger partial charge >= 0.3 is 11.9 Å². The third-order valence-corrected chi connectivity index (χ3v) is 3.45. The Bertz CT molecular complexity index is 739. The zero-order valence-corrected chi connectivity index (χ0v) is 12.7. The molecule has 2 aromatic carbocycles. The second kappa shape index (κ2) is 6.49. The van der Waals surface area contributed by atoms with Crippen LogP contribution in [0.3, 0.4) is 0 Å². The van der Waals surface area contributed by atoms with Gasteiger partial charge in [-0.2, -0.15) is 0 Å². The Morgan fingerprint density at radius 1 is 1.00 bits per heavy atom. The minimum Gasteiger partial charge on any atom is -0.496 e. The summed E-state index contributed by atoms with van der Waals surface area (Å²) >= 11 is 6.08. The molecule has 0 aliphatic heterocycles. The van der Waals surface area contributed by atoms with Crippen LogP contribution in [0.15, 0.2) is 36.4 Å². The maximum atomic E-state index is 11.5. The molecular formula is C16H13ClO5. The first-order chi connectivity index (χ1) is 10.5. The third kappa shape index (κ3) is 3.04. The first-order valence-electron chi connectivity index (χ1n) is 6.27. The number of carboxylic acids is 1. The summed E-state index contributed by atoms with van der Waals surface area (Å²) in [7, 11) is 2.68. The first kappa shape index (κ1) is 15.9.